The van der Waals surface area contributed by atoms with Crippen molar-refractivity contribution in [1.29, 1.82) is 0 Å². The van der Waals surface area contributed by atoms with E-state index in [-0.39, 0.29) is 16.7 Å². The zero-order valence-corrected chi connectivity index (χ0v) is 21.7. The number of fused-ring (bicyclic) bond motifs is 1. The highest BCUT2D eigenvalue weighted by molar-refractivity contribution is 5.91. The van der Waals surface area contributed by atoms with Crippen LogP contribution >= 0.6 is 0 Å². The first-order valence-electron chi connectivity index (χ1n) is 12.4. The molecule has 5 rings (SSSR count). The molecule has 1 N–H and O–H groups in total. The lowest BCUT2D eigenvalue weighted by Gasteiger charge is -2.36. The summed E-state index contributed by atoms with van der Waals surface area (Å²) in [5, 5.41) is 0. The van der Waals surface area contributed by atoms with Crippen LogP contribution in [0.5, 0.6) is 0 Å². The van der Waals surface area contributed by atoms with E-state index >= 15 is 0 Å². The number of nitrogens with one attached hydrogen (secondary N) is 1. The Bertz CT molecular complexity index is 1510. The molecule has 0 radical (unpaired) electrons. The number of anilines is 1. The minimum absolute atomic E-state index is 0.117. The van der Waals surface area contributed by atoms with Crippen molar-refractivity contribution in [2.75, 3.05) is 31.1 Å². The Balaban J connectivity index is 1.33. The Morgan fingerprint density at radius 1 is 0.944 bits per heavy atom. The van der Waals surface area contributed by atoms with Gasteiger partial charge < -0.3 is 14.5 Å². The van der Waals surface area contributed by atoms with Gasteiger partial charge in [0.05, 0.1) is 11.2 Å². The zero-order chi connectivity index (χ0) is 25.6. The van der Waals surface area contributed by atoms with E-state index in [1.807, 2.05) is 0 Å². The van der Waals surface area contributed by atoms with Gasteiger partial charge in [0.25, 0.3) is 5.56 Å². The number of para-hydroxylation sites is 1. The summed E-state index contributed by atoms with van der Waals surface area (Å²) in [5.41, 5.74) is 5.75. The van der Waals surface area contributed by atoms with Crippen LogP contribution in [0, 0.1) is 0 Å². The van der Waals surface area contributed by atoms with E-state index in [0.29, 0.717) is 12.1 Å². The summed E-state index contributed by atoms with van der Waals surface area (Å²) >= 11 is 0. The van der Waals surface area contributed by atoms with Crippen LogP contribution in [0.1, 0.15) is 31.9 Å². The number of aromatic nitrogens is 4. The van der Waals surface area contributed by atoms with Crippen LogP contribution in [0.3, 0.4) is 0 Å². The van der Waals surface area contributed by atoms with Gasteiger partial charge in [-0.1, -0.05) is 51.1 Å². The summed E-state index contributed by atoms with van der Waals surface area (Å²) in [4.78, 5) is 37.6. The first-order valence-corrected chi connectivity index (χ1v) is 12.4. The Kier molecular flexibility index (Phi) is 6.08. The fourth-order valence-electron chi connectivity index (χ4n) is 4.92. The van der Waals surface area contributed by atoms with E-state index in [1.54, 1.807) is 13.2 Å². The van der Waals surface area contributed by atoms with Crippen molar-refractivity contribution < 1.29 is 0 Å². The number of hydrogen-bond donors (Lipinski definition) is 1. The first kappa shape index (κ1) is 24.1. The van der Waals surface area contributed by atoms with E-state index in [0.717, 1.165) is 54.3 Å². The number of benzene rings is 2. The quantitative estimate of drug-likeness (QED) is 0.479. The lowest BCUT2D eigenvalue weighted by atomic mass is 9.87. The lowest BCUT2D eigenvalue weighted by molar-refractivity contribution is 0.248. The van der Waals surface area contributed by atoms with Gasteiger partial charge in [0.15, 0.2) is 0 Å². The third-order valence-corrected chi connectivity index (χ3v) is 7.14. The highest BCUT2D eigenvalue weighted by Gasteiger charge is 2.22. The molecule has 36 heavy (non-hydrogen) atoms. The van der Waals surface area contributed by atoms with E-state index in [1.165, 1.54) is 21.7 Å². The van der Waals surface area contributed by atoms with E-state index in [4.69, 9.17) is 4.98 Å². The fraction of sp³-hybridized carbons (Fsp3) is 0.393. The van der Waals surface area contributed by atoms with Crippen LogP contribution in [-0.2, 0) is 26.1 Å². The zero-order valence-electron chi connectivity index (χ0n) is 21.7. The van der Waals surface area contributed by atoms with Gasteiger partial charge in [-0.2, -0.15) is 0 Å². The highest BCUT2D eigenvalue weighted by atomic mass is 16.2. The fourth-order valence-corrected chi connectivity index (χ4v) is 4.92. The maximum atomic E-state index is 12.5. The van der Waals surface area contributed by atoms with E-state index in [2.05, 4.69) is 78.0 Å². The van der Waals surface area contributed by atoms with Crippen LogP contribution in [0.4, 0.5) is 5.69 Å². The average molecular weight is 487 g/mol. The van der Waals surface area contributed by atoms with Crippen molar-refractivity contribution in [3.8, 4) is 11.4 Å². The molecule has 0 bridgehead atoms. The van der Waals surface area contributed by atoms with Crippen LogP contribution in [0.15, 0.2) is 58.3 Å². The summed E-state index contributed by atoms with van der Waals surface area (Å²) in [6.45, 7) is 10.5. The molecule has 1 aliphatic rings. The average Bonchev–Trinajstić information content (AvgIpc) is 3.31. The van der Waals surface area contributed by atoms with Crippen LogP contribution < -0.4 is 16.1 Å². The molecule has 4 aromatic rings. The number of hydrogen-bond acceptors (Lipinski definition) is 5. The Hall–Kier alpha value is -3.65. The molecule has 188 valence electrons. The summed E-state index contributed by atoms with van der Waals surface area (Å²) in [6, 6.07) is 14.9. The molecule has 0 amide bonds. The van der Waals surface area contributed by atoms with Gasteiger partial charge in [-0.05, 0) is 23.1 Å². The molecule has 2 aromatic carbocycles. The van der Waals surface area contributed by atoms with Gasteiger partial charge in [0.1, 0.15) is 11.3 Å². The van der Waals surface area contributed by atoms with Crippen LogP contribution in [-0.4, -0.2) is 50.2 Å². The molecular formula is C28H34N6O2. The molecule has 2 aromatic heterocycles. The SMILES string of the molecule is Cn1cc(CN2CCN(c3cccc4[nH]c(-c5ccc(C(C)(C)C)cc5)nc34)CC2)c(=O)n(C)c1=O. The predicted octanol–water partition coefficient (Wildman–Crippen LogP) is 3.25. The molecule has 8 heteroatoms. The standard InChI is InChI=1S/C28H34N6O2/c1-28(2,3)21-11-9-19(10-12-21)25-29-22-7-6-8-23(24(22)30-25)34-15-13-33(14-16-34)18-20-17-31(4)27(36)32(5)26(20)35/h6-12,17H,13-16,18H2,1-5H3,(H,29,30). The van der Waals surface area contributed by atoms with E-state index < -0.39 is 0 Å². The Morgan fingerprint density at radius 2 is 1.64 bits per heavy atom. The third-order valence-electron chi connectivity index (χ3n) is 7.14. The molecule has 1 saturated heterocycles. The topological polar surface area (TPSA) is 79.2 Å². The summed E-state index contributed by atoms with van der Waals surface area (Å²) in [7, 11) is 3.21. The van der Waals surface area contributed by atoms with Crippen LogP contribution in [0.25, 0.3) is 22.4 Å². The summed E-state index contributed by atoms with van der Waals surface area (Å²) in [5.74, 6) is 0.877. The van der Waals surface area contributed by atoms with Crippen molar-refractivity contribution in [3.05, 3.63) is 80.6 Å². The molecule has 8 nitrogen and oxygen atoms in total. The molecule has 0 unspecified atom stereocenters. The molecular weight excluding hydrogens is 452 g/mol. The van der Waals surface area contributed by atoms with Gasteiger partial charge in [-0.25, -0.2) is 9.78 Å². The monoisotopic (exact) mass is 486 g/mol. The number of aromatic amines is 1. The van der Waals surface area contributed by atoms with Gasteiger partial charge in [0, 0.05) is 64.1 Å². The third kappa shape index (κ3) is 4.48. The number of nitrogens with zero attached hydrogens (tertiary/aromatic N) is 5. The van der Waals surface area contributed by atoms with Crippen molar-refractivity contribution in [2.24, 2.45) is 14.1 Å². The Morgan fingerprint density at radius 3 is 2.31 bits per heavy atom. The van der Waals surface area contributed by atoms with Gasteiger partial charge in [-0.15, -0.1) is 0 Å². The highest BCUT2D eigenvalue weighted by Crippen LogP contribution is 2.30. The maximum absolute atomic E-state index is 12.5. The summed E-state index contributed by atoms with van der Waals surface area (Å²) < 4.78 is 2.65. The summed E-state index contributed by atoms with van der Waals surface area (Å²) in [6.07, 6.45) is 1.66. The molecule has 3 heterocycles. The molecule has 0 saturated carbocycles. The molecule has 1 fully saturated rings. The van der Waals surface area contributed by atoms with Crippen LogP contribution in [0.2, 0.25) is 0 Å². The van der Waals surface area contributed by atoms with Crippen molar-refractivity contribution in [2.45, 2.75) is 32.7 Å². The van der Waals surface area contributed by atoms with Gasteiger partial charge in [-0.3, -0.25) is 14.3 Å². The first-order chi connectivity index (χ1) is 17.1. The normalized spacial score (nSPS) is 15.1. The number of imidazole rings is 1. The number of aryl methyl sites for hydroxylation is 1. The second-order valence-electron chi connectivity index (χ2n) is 10.8. The minimum atomic E-state index is -0.301. The molecule has 1 aliphatic heterocycles. The van der Waals surface area contributed by atoms with Gasteiger partial charge >= 0.3 is 5.69 Å². The predicted molar refractivity (Wildman–Crippen MR) is 145 cm³/mol. The Labute approximate surface area is 210 Å². The number of piperazine rings is 1. The van der Waals surface area contributed by atoms with E-state index in [9.17, 15) is 9.59 Å². The van der Waals surface area contributed by atoms with Crippen molar-refractivity contribution in [3.63, 3.8) is 0 Å². The minimum Gasteiger partial charge on any atom is -0.367 e. The second kappa shape index (κ2) is 9.09. The molecule has 0 aliphatic carbocycles. The van der Waals surface area contributed by atoms with Crippen molar-refractivity contribution in [1.82, 2.24) is 24.0 Å². The largest absolute Gasteiger partial charge is 0.367 e. The number of H-pyrrole nitrogens is 1. The van der Waals surface area contributed by atoms with Crippen molar-refractivity contribution >= 4 is 16.7 Å². The second-order valence-corrected chi connectivity index (χ2v) is 10.8. The smallest absolute Gasteiger partial charge is 0.330 e. The van der Waals surface area contributed by atoms with Gasteiger partial charge in [0.2, 0.25) is 0 Å². The molecule has 0 atom stereocenters. The lowest BCUT2D eigenvalue weighted by Crippen LogP contribution is -2.47. The maximum Gasteiger partial charge on any atom is 0.330 e. The molecule has 0 spiro atoms. The number of rotatable bonds is 4.